The van der Waals surface area contributed by atoms with E-state index >= 15 is 0 Å². The maximum atomic E-state index is 10.9. The van der Waals surface area contributed by atoms with E-state index in [9.17, 15) is 4.79 Å². The van der Waals surface area contributed by atoms with Crippen molar-refractivity contribution in [1.29, 1.82) is 0 Å². The van der Waals surface area contributed by atoms with E-state index < -0.39 is 5.97 Å². The summed E-state index contributed by atoms with van der Waals surface area (Å²) in [7, 11) is 3.21. The van der Waals surface area contributed by atoms with E-state index in [1.807, 2.05) is 24.3 Å². The number of aromatic carboxylic acids is 1. The minimum Gasteiger partial charge on any atom is -0.497 e. The van der Waals surface area contributed by atoms with Crippen LogP contribution in [-0.2, 0) is 6.54 Å². The van der Waals surface area contributed by atoms with Crippen LogP contribution < -0.4 is 14.8 Å². The Morgan fingerprint density at radius 1 is 1.14 bits per heavy atom. The standard InChI is InChI=1S/C16H17NO4/c1-20-14-6-7-15(21-2)12(9-14)10-17-13-5-3-4-11(8-13)16(18)19/h3-9,17H,10H2,1-2H3,(H,18,19). The Kier molecular flexibility index (Phi) is 4.66. The third-order valence-corrected chi connectivity index (χ3v) is 3.08. The first-order chi connectivity index (χ1) is 10.1. The highest BCUT2D eigenvalue weighted by Crippen LogP contribution is 2.25. The molecule has 0 aliphatic rings. The van der Waals surface area contributed by atoms with Crippen LogP contribution in [0.15, 0.2) is 42.5 Å². The van der Waals surface area contributed by atoms with Crippen molar-refractivity contribution in [3.8, 4) is 11.5 Å². The van der Waals surface area contributed by atoms with Gasteiger partial charge in [0.25, 0.3) is 0 Å². The number of hydrogen-bond donors (Lipinski definition) is 2. The molecule has 0 bridgehead atoms. The van der Waals surface area contributed by atoms with E-state index in [-0.39, 0.29) is 5.56 Å². The van der Waals surface area contributed by atoms with Gasteiger partial charge in [0.15, 0.2) is 0 Å². The van der Waals surface area contributed by atoms with Crippen molar-refractivity contribution < 1.29 is 19.4 Å². The van der Waals surface area contributed by atoms with Gasteiger partial charge in [-0.25, -0.2) is 4.79 Å². The molecule has 21 heavy (non-hydrogen) atoms. The smallest absolute Gasteiger partial charge is 0.335 e. The molecule has 0 heterocycles. The van der Waals surface area contributed by atoms with Crippen molar-refractivity contribution in [2.75, 3.05) is 19.5 Å². The summed E-state index contributed by atoms with van der Waals surface area (Å²) in [6.45, 7) is 0.503. The summed E-state index contributed by atoms with van der Waals surface area (Å²) in [5, 5.41) is 12.2. The Morgan fingerprint density at radius 3 is 2.62 bits per heavy atom. The lowest BCUT2D eigenvalue weighted by molar-refractivity contribution is 0.0697. The quantitative estimate of drug-likeness (QED) is 0.854. The average molecular weight is 287 g/mol. The van der Waals surface area contributed by atoms with Crippen LogP contribution in [0.1, 0.15) is 15.9 Å². The first-order valence-corrected chi connectivity index (χ1v) is 6.42. The summed E-state index contributed by atoms with van der Waals surface area (Å²) < 4.78 is 10.5. The number of methoxy groups -OCH3 is 2. The maximum Gasteiger partial charge on any atom is 0.335 e. The molecule has 2 N–H and O–H groups in total. The van der Waals surface area contributed by atoms with Crippen molar-refractivity contribution in [3.05, 3.63) is 53.6 Å². The van der Waals surface area contributed by atoms with Crippen LogP contribution >= 0.6 is 0 Å². The van der Waals surface area contributed by atoms with Gasteiger partial charge in [-0.1, -0.05) is 6.07 Å². The van der Waals surface area contributed by atoms with Crippen LogP contribution in [0.4, 0.5) is 5.69 Å². The third-order valence-electron chi connectivity index (χ3n) is 3.08. The topological polar surface area (TPSA) is 67.8 Å². The number of carboxylic acid groups (broad SMARTS) is 1. The number of rotatable bonds is 6. The van der Waals surface area contributed by atoms with Gasteiger partial charge in [-0.15, -0.1) is 0 Å². The van der Waals surface area contributed by atoms with Gasteiger partial charge in [0.1, 0.15) is 11.5 Å². The third kappa shape index (κ3) is 3.66. The number of hydrogen-bond acceptors (Lipinski definition) is 4. The molecule has 0 saturated carbocycles. The zero-order valence-corrected chi connectivity index (χ0v) is 11.9. The average Bonchev–Trinajstić information content (AvgIpc) is 2.52. The monoisotopic (exact) mass is 287 g/mol. The van der Waals surface area contributed by atoms with Gasteiger partial charge in [-0.2, -0.15) is 0 Å². The molecule has 2 rings (SSSR count). The molecule has 0 atom stereocenters. The van der Waals surface area contributed by atoms with Gasteiger partial charge in [0.2, 0.25) is 0 Å². The number of anilines is 1. The molecule has 0 amide bonds. The Bertz CT molecular complexity index is 640. The first kappa shape index (κ1) is 14.7. The molecule has 0 aliphatic carbocycles. The van der Waals surface area contributed by atoms with E-state index in [0.717, 1.165) is 22.7 Å². The molecule has 0 fully saturated rings. The maximum absolute atomic E-state index is 10.9. The van der Waals surface area contributed by atoms with E-state index in [1.165, 1.54) is 0 Å². The zero-order chi connectivity index (χ0) is 15.2. The molecule has 0 aromatic heterocycles. The van der Waals surface area contributed by atoms with Gasteiger partial charge < -0.3 is 19.9 Å². The van der Waals surface area contributed by atoms with E-state index in [2.05, 4.69) is 5.32 Å². The lowest BCUT2D eigenvalue weighted by Crippen LogP contribution is -2.03. The van der Waals surface area contributed by atoms with Gasteiger partial charge in [-0.05, 0) is 36.4 Å². The molecule has 0 spiro atoms. The van der Waals surface area contributed by atoms with Crippen molar-refractivity contribution in [2.45, 2.75) is 6.54 Å². The van der Waals surface area contributed by atoms with Crippen LogP contribution in [0.25, 0.3) is 0 Å². The summed E-state index contributed by atoms with van der Waals surface area (Å²) in [4.78, 5) is 10.9. The second kappa shape index (κ2) is 6.65. The second-order valence-electron chi connectivity index (χ2n) is 4.42. The lowest BCUT2D eigenvalue weighted by atomic mass is 10.1. The molecule has 0 saturated heterocycles. The molecular formula is C16H17NO4. The summed E-state index contributed by atoms with van der Waals surface area (Å²) in [5.74, 6) is 0.544. The van der Waals surface area contributed by atoms with Gasteiger partial charge >= 0.3 is 5.97 Å². The fourth-order valence-electron chi connectivity index (χ4n) is 1.98. The molecular weight excluding hydrogens is 270 g/mol. The summed E-state index contributed by atoms with van der Waals surface area (Å²) in [6.07, 6.45) is 0. The van der Waals surface area contributed by atoms with Crippen molar-refractivity contribution in [3.63, 3.8) is 0 Å². The lowest BCUT2D eigenvalue weighted by Gasteiger charge is -2.12. The molecule has 5 nitrogen and oxygen atoms in total. The van der Waals surface area contributed by atoms with Crippen LogP contribution in [0.3, 0.4) is 0 Å². The van der Waals surface area contributed by atoms with Crippen molar-refractivity contribution in [1.82, 2.24) is 0 Å². The first-order valence-electron chi connectivity index (χ1n) is 6.42. The van der Waals surface area contributed by atoms with Crippen LogP contribution in [0.5, 0.6) is 11.5 Å². The van der Waals surface area contributed by atoms with Crippen LogP contribution in [0, 0.1) is 0 Å². The van der Waals surface area contributed by atoms with E-state index in [4.69, 9.17) is 14.6 Å². The molecule has 0 unspecified atom stereocenters. The number of carboxylic acids is 1. The number of benzene rings is 2. The summed E-state index contributed by atoms with van der Waals surface area (Å²) in [6, 6.07) is 12.2. The Labute approximate surface area is 123 Å². The van der Waals surface area contributed by atoms with E-state index in [0.29, 0.717) is 6.54 Å². The molecule has 110 valence electrons. The molecule has 5 heteroatoms. The second-order valence-corrected chi connectivity index (χ2v) is 4.42. The minimum atomic E-state index is -0.947. The van der Waals surface area contributed by atoms with Crippen molar-refractivity contribution in [2.24, 2.45) is 0 Å². The molecule has 0 aliphatic heterocycles. The highest BCUT2D eigenvalue weighted by molar-refractivity contribution is 5.88. The Balaban J connectivity index is 2.15. The summed E-state index contributed by atoms with van der Waals surface area (Å²) >= 11 is 0. The predicted octanol–water partition coefficient (Wildman–Crippen LogP) is 3.01. The fourth-order valence-corrected chi connectivity index (χ4v) is 1.98. The van der Waals surface area contributed by atoms with Gasteiger partial charge in [-0.3, -0.25) is 0 Å². The zero-order valence-electron chi connectivity index (χ0n) is 11.9. The SMILES string of the molecule is COc1ccc(OC)c(CNc2cccc(C(=O)O)c2)c1. The molecule has 2 aromatic carbocycles. The fraction of sp³-hybridized carbons (Fsp3) is 0.188. The van der Waals surface area contributed by atoms with Crippen LogP contribution in [-0.4, -0.2) is 25.3 Å². The van der Waals surface area contributed by atoms with Gasteiger partial charge in [0.05, 0.1) is 19.8 Å². The van der Waals surface area contributed by atoms with E-state index in [1.54, 1.807) is 32.4 Å². The predicted molar refractivity (Wildman–Crippen MR) is 80.3 cm³/mol. The molecule has 0 radical (unpaired) electrons. The largest absolute Gasteiger partial charge is 0.497 e. The summed E-state index contributed by atoms with van der Waals surface area (Å²) in [5.41, 5.74) is 1.91. The number of carbonyl (C=O) groups is 1. The molecule has 2 aromatic rings. The van der Waals surface area contributed by atoms with Crippen molar-refractivity contribution >= 4 is 11.7 Å². The minimum absolute atomic E-state index is 0.248. The Hall–Kier alpha value is -2.69. The van der Waals surface area contributed by atoms with Gasteiger partial charge in [0, 0.05) is 17.8 Å². The number of nitrogens with one attached hydrogen (secondary N) is 1. The highest BCUT2D eigenvalue weighted by atomic mass is 16.5. The Morgan fingerprint density at radius 2 is 1.95 bits per heavy atom. The number of ether oxygens (including phenoxy) is 2. The highest BCUT2D eigenvalue weighted by Gasteiger charge is 2.06. The normalized spacial score (nSPS) is 10.0. The van der Waals surface area contributed by atoms with Crippen LogP contribution in [0.2, 0.25) is 0 Å².